The van der Waals surface area contributed by atoms with Crippen molar-refractivity contribution in [2.75, 3.05) is 5.32 Å². The number of hydrogen-bond acceptors (Lipinski definition) is 5. The van der Waals surface area contributed by atoms with E-state index in [0.717, 1.165) is 33.4 Å². The number of anilines is 1. The van der Waals surface area contributed by atoms with Gasteiger partial charge in [-0.2, -0.15) is 5.10 Å². The van der Waals surface area contributed by atoms with Gasteiger partial charge in [0.05, 0.1) is 39.1 Å². The summed E-state index contributed by atoms with van der Waals surface area (Å²) < 4.78 is 3.43. The van der Waals surface area contributed by atoms with Crippen molar-refractivity contribution in [3.8, 4) is 11.3 Å². The first kappa shape index (κ1) is 23.0. The minimum absolute atomic E-state index is 0.200. The van der Waals surface area contributed by atoms with Crippen LogP contribution in [-0.4, -0.2) is 35.4 Å². The number of nitrogens with zero attached hydrogens (tertiary/aromatic N) is 6. The average molecular weight is 506 g/mol. The number of aromatic nitrogens is 6. The number of hydrogen-bond donors (Lipinski definition) is 1. The summed E-state index contributed by atoms with van der Waals surface area (Å²) in [5.74, 6) is -0.123. The number of carbonyl (C=O) groups is 1. The molecule has 0 bridgehead atoms. The van der Waals surface area contributed by atoms with Crippen molar-refractivity contribution in [3.05, 3.63) is 87.4 Å². The van der Waals surface area contributed by atoms with Crippen LogP contribution in [-0.2, 0) is 13.6 Å². The Bertz CT molecular complexity index is 1590. The number of para-hydroxylation sites is 1. The minimum Gasteiger partial charge on any atom is -0.289 e. The number of nitrogens with one attached hydrogen (secondary N) is 1. The SMILES string of the molecule is Cc1nn(C)c(C)c1-c1cc(C(=O)Nc2ncn(Cc3ccc(Cl)c(Cl)c3)n2)c2ccccc2n1. The summed E-state index contributed by atoms with van der Waals surface area (Å²) in [6, 6.07) is 14.7. The molecule has 0 aliphatic heterocycles. The van der Waals surface area contributed by atoms with Gasteiger partial charge in [-0.05, 0) is 43.7 Å². The van der Waals surface area contributed by atoms with E-state index in [2.05, 4.69) is 20.5 Å². The number of benzene rings is 2. The maximum absolute atomic E-state index is 13.4. The van der Waals surface area contributed by atoms with E-state index in [0.29, 0.717) is 27.8 Å². The fraction of sp³-hybridized carbons (Fsp3) is 0.160. The van der Waals surface area contributed by atoms with Gasteiger partial charge in [0.15, 0.2) is 0 Å². The predicted octanol–water partition coefficient (Wildman–Crippen LogP) is 5.45. The summed E-state index contributed by atoms with van der Waals surface area (Å²) in [5.41, 5.74) is 5.53. The van der Waals surface area contributed by atoms with Crippen LogP contribution in [0.4, 0.5) is 5.95 Å². The zero-order valence-corrected chi connectivity index (χ0v) is 20.8. The fourth-order valence-corrected chi connectivity index (χ4v) is 4.38. The molecule has 0 aliphatic rings. The number of aryl methyl sites for hydroxylation is 2. The van der Waals surface area contributed by atoms with Crippen molar-refractivity contribution in [1.82, 2.24) is 29.5 Å². The summed E-state index contributed by atoms with van der Waals surface area (Å²) in [4.78, 5) is 22.4. The van der Waals surface area contributed by atoms with E-state index in [1.54, 1.807) is 29.2 Å². The molecule has 0 radical (unpaired) electrons. The van der Waals surface area contributed by atoms with E-state index in [9.17, 15) is 4.79 Å². The molecule has 0 saturated carbocycles. The molecule has 3 aromatic heterocycles. The highest BCUT2D eigenvalue weighted by Gasteiger charge is 2.19. The van der Waals surface area contributed by atoms with E-state index in [-0.39, 0.29) is 11.9 Å². The van der Waals surface area contributed by atoms with Gasteiger partial charge in [-0.25, -0.2) is 14.6 Å². The predicted molar refractivity (Wildman–Crippen MR) is 137 cm³/mol. The van der Waals surface area contributed by atoms with Crippen molar-refractivity contribution < 1.29 is 4.79 Å². The number of fused-ring (bicyclic) bond motifs is 1. The third-order valence-corrected chi connectivity index (χ3v) is 6.56. The molecule has 5 aromatic rings. The summed E-state index contributed by atoms with van der Waals surface area (Å²) >= 11 is 12.1. The first-order chi connectivity index (χ1) is 16.8. The minimum atomic E-state index is -0.323. The molecule has 10 heteroatoms. The highest BCUT2D eigenvalue weighted by Crippen LogP contribution is 2.29. The molecule has 0 atom stereocenters. The van der Waals surface area contributed by atoms with Crippen LogP contribution in [0.3, 0.4) is 0 Å². The molecule has 0 spiro atoms. The van der Waals surface area contributed by atoms with Gasteiger partial charge in [0, 0.05) is 23.7 Å². The summed E-state index contributed by atoms with van der Waals surface area (Å²) in [7, 11) is 1.89. The topological polar surface area (TPSA) is 90.5 Å². The first-order valence-corrected chi connectivity index (χ1v) is 11.6. The Hall–Kier alpha value is -3.75. The maximum Gasteiger partial charge on any atom is 0.258 e. The van der Waals surface area contributed by atoms with Gasteiger partial charge in [0.2, 0.25) is 5.95 Å². The molecule has 1 N–H and O–H groups in total. The lowest BCUT2D eigenvalue weighted by Crippen LogP contribution is -2.14. The molecule has 0 unspecified atom stereocenters. The van der Waals surface area contributed by atoms with Crippen molar-refractivity contribution in [2.24, 2.45) is 7.05 Å². The fourth-order valence-electron chi connectivity index (χ4n) is 4.06. The number of rotatable bonds is 5. The highest BCUT2D eigenvalue weighted by atomic mass is 35.5. The largest absolute Gasteiger partial charge is 0.289 e. The highest BCUT2D eigenvalue weighted by molar-refractivity contribution is 6.42. The zero-order chi connectivity index (χ0) is 24.7. The normalized spacial score (nSPS) is 11.2. The van der Waals surface area contributed by atoms with E-state index in [4.69, 9.17) is 28.2 Å². The Morgan fingerprint density at radius 1 is 1.03 bits per heavy atom. The Balaban J connectivity index is 1.46. The van der Waals surface area contributed by atoms with Crippen LogP contribution in [0, 0.1) is 13.8 Å². The van der Waals surface area contributed by atoms with Gasteiger partial charge in [0.25, 0.3) is 5.91 Å². The lowest BCUT2D eigenvalue weighted by Gasteiger charge is -2.10. The van der Waals surface area contributed by atoms with Gasteiger partial charge in [0.1, 0.15) is 6.33 Å². The van der Waals surface area contributed by atoms with E-state index < -0.39 is 0 Å². The summed E-state index contributed by atoms with van der Waals surface area (Å²) in [6.07, 6.45) is 1.55. The van der Waals surface area contributed by atoms with Crippen LogP contribution in [0.15, 0.2) is 54.9 Å². The monoisotopic (exact) mass is 505 g/mol. The third kappa shape index (κ3) is 4.50. The van der Waals surface area contributed by atoms with Gasteiger partial charge >= 0.3 is 0 Å². The molecule has 3 heterocycles. The Morgan fingerprint density at radius 2 is 1.83 bits per heavy atom. The maximum atomic E-state index is 13.4. The molecule has 5 rings (SSSR count). The molecule has 1 amide bonds. The van der Waals surface area contributed by atoms with Crippen LogP contribution in [0.25, 0.3) is 22.2 Å². The molecule has 0 fully saturated rings. The van der Waals surface area contributed by atoms with Gasteiger partial charge < -0.3 is 0 Å². The Morgan fingerprint density at radius 3 is 2.57 bits per heavy atom. The Labute approximate surface area is 211 Å². The summed E-state index contributed by atoms with van der Waals surface area (Å²) in [6.45, 7) is 4.35. The second-order valence-electron chi connectivity index (χ2n) is 8.21. The quantitative estimate of drug-likeness (QED) is 0.342. The van der Waals surface area contributed by atoms with Gasteiger partial charge in [-0.3, -0.25) is 14.8 Å². The third-order valence-electron chi connectivity index (χ3n) is 5.82. The van der Waals surface area contributed by atoms with Crippen LogP contribution in [0.5, 0.6) is 0 Å². The Kier molecular flexibility index (Phi) is 6.00. The van der Waals surface area contributed by atoms with Crippen molar-refractivity contribution in [2.45, 2.75) is 20.4 Å². The lowest BCUT2D eigenvalue weighted by molar-refractivity contribution is 0.102. The number of halogens is 2. The van der Waals surface area contributed by atoms with E-state index >= 15 is 0 Å². The van der Waals surface area contributed by atoms with Crippen molar-refractivity contribution in [1.29, 1.82) is 0 Å². The molecule has 2 aromatic carbocycles. The van der Waals surface area contributed by atoms with Crippen LogP contribution >= 0.6 is 23.2 Å². The zero-order valence-electron chi connectivity index (χ0n) is 19.3. The molecule has 0 aliphatic carbocycles. The van der Waals surface area contributed by atoms with E-state index in [1.165, 1.54) is 0 Å². The number of carbonyl (C=O) groups excluding carboxylic acids is 1. The number of amides is 1. The summed E-state index contributed by atoms with van der Waals surface area (Å²) in [5, 5.41) is 13.4. The second-order valence-corrected chi connectivity index (χ2v) is 9.02. The lowest BCUT2D eigenvalue weighted by atomic mass is 10.0. The second kappa shape index (κ2) is 9.13. The van der Waals surface area contributed by atoms with Gasteiger partial charge in [-0.15, -0.1) is 5.10 Å². The number of pyridine rings is 1. The van der Waals surface area contributed by atoms with Gasteiger partial charge in [-0.1, -0.05) is 47.5 Å². The van der Waals surface area contributed by atoms with Crippen LogP contribution < -0.4 is 5.32 Å². The molecular formula is C25H21Cl2N7O. The van der Waals surface area contributed by atoms with Crippen LogP contribution in [0.2, 0.25) is 10.0 Å². The standard InChI is InChI=1S/C25H21Cl2N7O/c1-14-23(15(2)33(3)31-14)22-11-18(17-6-4-5-7-21(17)29-22)24(35)30-25-28-13-34(32-25)12-16-8-9-19(26)20(27)10-16/h4-11,13H,12H2,1-3H3,(H,30,32,35). The van der Waals surface area contributed by atoms with Crippen molar-refractivity contribution >= 4 is 46.0 Å². The smallest absolute Gasteiger partial charge is 0.258 e. The van der Waals surface area contributed by atoms with Crippen molar-refractivity contribution in [3.63, 3.8) is 0 Å². The first-order valence-electron chi connectivity index (χ1n) is 10.8. The molecule has 0 saturated heterocycles. The average Bonchev–Trinajstić information content (AvgIpc) is 3.37. The molecule has 8 nitrogen and oxygen atoms in total. The molecular weight excluding hydrogens is 485 g/mol. The molecule has 35 heavy (non-hydrogen) atoms. The van der Waals surface area contributed by atoms with E-state index in [1.807, 2.05) is 55.9 Å². The molecule has 176 valence electrons. The van der Waals surface area contributed by atoms with Crippen LogP contribution in [0.1, 0.15) is 27.3 Å².